The van der Waals surface area contributed by atoms with Crippen molar-refractivity contribution in [1.29, 1.82) is 0 Å². The molecule has 0 aliphatic carbocycles. The number of aromatic nitrogens is 2. The van der Waals surface area contributed by atoms with Crippen LogP contribution in [0.5, 0.6) is 0 Å². The Kier molecular flexibility index (Phi) is 2.75. The molecule has 6 rings (SSSR count). The van der Waals surface area contributed by atoms with E-state index in [2.05, 4.69) is 53.5 Å². The van der Waals surface area contributed by atoms with E-state index in [1.807, 2.05) is 28.7 Å². The van der Waals surface area contributed by atoms with Crippen LogP contribution in [-0.2, 0) is 0 Å². The molecule has 0 bridgehead atoms. The van der Waals surface area contributed by atoms with Crippen molar-refractivity contribution in [3.8, 4) is 11.1 Å². The minimum Gasteiger partial charge on any atom is -0.275 e. The van der Waals surface area contributed by atoms with Gasteiger partial charge in [-0.25, -0.2) is 0 Å². The van der Waals surface area contributed by atoms with Gasteiger partial charge in [-0.15, -0.1) is 0 Å². The highest BCUT2D eigenvalue weighted by molar-refractivity contribution is 6.20. The summed E-state index contributed by atoms with van der Waals surface area (Å²) in [4.78, 5) is 17.4. The summed E-state index contributed by atoms with van der Waals surface area (Å²) >= 11 is 0. The Bertz CT molecular complexity index is 1530. The summed E-state index contributed by atoms with van der Waals surface area (Å²) in [5.74, 6) is 0. The molecule has 0 aliphatic heterocycles. The number of fused-ring (bicyclic) bond motifs is 5. The van der Waals surface area contributed by atoms with Crippen molar-refractivity contribution >= 4 is 38.0 Å². The molecule has 3 heteroatoms. The molecule has 27 heavy (non-hydrogen) atoms. The van der Waals surface area contributed by atoms with E-state index in [0.717, 1.165) is 38.1 Å². The van der Waals surface area contributed by atoms with Crippen molar-refractivity contribution < 1.29 is 0 Å². The predicted molar refractivity (Wildman–Crippen MR) is 111 cm³/mol. The first-order chi connectivity index (χ1) is 13.3. The highest BCUT2D eigenvalue weighted by Crippen LogP contribution is 2.35. The Morgan fingerprint density at radius 2 is 1.48 bits per heavy atom. The van der Waals surface area contributed by atoms with Crippen LogP contribution < -0.4 is 5.56 Å². The zero-order valence-corrected chi connectivity index (χ0v) is 14.4. The van der Waals surface area contributed by atoms with Crippen LogP contribution in [-0.4, -0.2) is 9.38 Å². The van der Waals surface area contributed by atoms with E-state index in [0.29, 0.717) is 5.39 Å². The lowest BCUT2D eigenvalue weighted by Gasteiger charge is -2.05. The number of nitrogens with zero attached hydrogens (tertiary/aromatic N) is 2. The number of hydrogen-bond acceptors (Lipinski definition) is 2. The van der Waals surface area contributed by atoms with E-state index in [-0.39, 0.29) is 5.56 Å². The van der Waals surface area contributed by atoms with Gasteiger partial charge in [-0.2, -0.15) is 0 Å². The lowest BCUT2D eigenvalue weighted by Crippen LogP contribution is -2.13. The Hall–Kier alpha value is -3.72. The van der Waals surface area contributed by atoms with Gasteiger partial charge in [-0.1, -0.05) is 54.6 Å². The smallest absolute Gasteiger partial charge is 0.265 e. The molecule has 3 nitrogen and oxygen atoms in total. The summed E-state index contributed by atoms with van der Waals surface area (Å²) < 4.78 is 1.85. The van der Waals surface area contributed by atoms with Crippen molar-refractivity contribution in [2.45, 2.75) is 0 Å². The molecule has 0 atom stereocenters. The Balaban J connectivity index is 1.86. The molecule has 0 saturated carbocycles. The monoisotopic (exact) mass is 346 g/mol. The highest BCUT2D eigenvalue weighted by atomic mass is 16.1. The third-order valence-corrected chi connectivity index (χ3v) is 5.44. The number of rotatable bonds is 1. The van der Waals surface area contributed by atoms with Crippen LogP contribution in [0.4, 0.5) is 0 Å². The first kappa shape index (κ1) is 14.4. The van der Waals surface area contributed by atoms with Crippen LogP contribution in [0, 0.1) is 0 Å². The molecule has 0 aliphatic rings. The predicted octanol–water partition coefficient (Wildman–Crippen LogP) is 5.26. The van der Waals surface area contributed by atoms with Gasteiger partial charge < -0.3 is 0 Å². The fourth-order valence-corrected chi connectivity index (χ4v) is 4.23. The van der Waals surface area contributed by atoms with E-state index in [4.69, 9.17) is 0 Å². The van der Waals surface area contributed by atoms with Crippen molar-refractivity contribution in [3.63, 3.8) is 0 Å². The molecule has 3 aromatic heterocycles. The van der Waals surface area contributed by atoms with E-state index in [1.54, 1.807) is 12.4 Å². The van der Waals surface area contributed by atoms with Crippen LogP contribution >= 0.6 is 0 Å². The van der Waals surface area contributed by atoms with E-state index in [1.165, 1.54) is 5.56 Å². The van der Waals surface area contributed by atoms with Gasteiger partial charge in [0.15, 0.2) is 0 Å². The molecule has 126 valence electrons. The van der Waals surface area contributed by atoms with Crippen LogP contribution in [0.3, 0.4) is 0 Å². The summed E-state index contributed by atoms with van der Waals surface area (Å²) in [5, 5.41) is 4.90. The molecule has 0 spiro atoms. The quantitative estimate of drug-likeness (QED) is 0.381. The molecule has 0 amide bonds. The van der Waals surface area contributed by atoms with Crippen LogP contribution in [0.25, 0.3) is 49.1 Å². The van der Waals surface area contributed by atoms with Gasteiger partial charge in [0.1, 0.15) is 0 Å². The molecule has 3 heterocycles. The van der Waals surface area contributed by atoms with Crippen molar-refractivity contribution in [2.24, 2.45) is 0 Å². The zero-order chi connectivity index (χ0) is 18.0. The summed E-state index contributed by atoms with van der Waals surface area (Å²) in [6.45, 7) is 0. The van der Waals surface area contributed by atoms with Crippen molar-refractivity contribution in [3.05, 3.63) is 95.5 Å². The summed E-state index contributed by atoms with van der Waals surface area (Å²) in [6, 6.07) is 24.8. The average Bonchev–Trinajstić information content (AvgIpc) is 3.07. The minimum atomic E-state index is -0.00994. The van der Waals surface area contributed by atoms with Gasteiger partial charge in [-0.3, -0.25) is 14.2 Å². The van der Waals surface area contributed by atoms with Gasteiger partial charge in [0, 0.05) is 28.6 Å². The zero-order valence-electron chi connectivity index (χ0n) is 14.4. The van der Waals surface area contributed by atoms with E-state index >= 15 is 0 Å². The lowest BCUT2D eigenvalue weighted by atomic mass is 10.0. The fraction of sp³-hybridized carbons (Fsp3) is 0. The topological polar surface area (TPSA) is 34.4 Å². The standard InChI is InChI=1S/C24H14N2O/c27-24-21-14-25-12-11-17(21)18-7-4-8-19-20-13-16(15-5-2-1-3-6-15)9-10-22(20)26(24)23(18)19/h1-14H. The Labute approximate surface area is 154 Å². The second kappa shape index (κ2) is 5.15. The molecule has 3 aromatic carbocycles. The average molecular weight is 346 g/mol. The Morgan fingerprint density at radius 1 is 0.667 bits per heavy atom. The third kappa shape index (κ3) is 1.86. The summed E-state index contributed by atoms with van der Waals surface area (Å²) in [6.07, 6.45) is 3.42. The number of hydrogen-bond donors (Lipinski definition) is 0. The number of benzene rings is 3. The van der Waals surface area contributed by atoms with Gasteiger partial charge >= 0.3 is 0 Å². The normalized spacial score (nSPS) is 11.9. The van der Waals surface area contributed by atoms with E-state index < -0.39 is 0 Å². The maximum Gasteiger partial charge on any atom is 0.265 e. The summed E-state index contributed by atoms with van der Waals surface area (Å²) in [5.41, 5.74) is 4.24. The minimum absolute atomic E-state index is 0.00994. The second-order valence-corrected chi connectivity index (χ2v) is 6.86. The maximum absolute atomic E-state index is 13.2. The first-order valence-electron chi connectivity index (χ1n) is 8.94. The molecule has 0 unspecified atom stereocenters. The van der Waals surface area contributed by atoms with Crippen LogP contribution in [0.2, 0.25) is 0 Å². The maximum atomic E-state index is 13.2. The Morgan fingerprint density at radius 3 is 2.33 bits per heavy atom. The molecule has 6 aromatic rings. The SMILES string of the molecule is O=c1c2cnccc2c2cccc3c4cc(-c5ccccc5)ccc4n1c23. The molecule has 0 radical (unpaired) electrons. The van der Waals surface area contributed by atoms with Gasteiger partial charge in [0.2, 0.25) is 0 Å². The molecule has 0 N–H and O–H groups in total. The fourth-order valence-electron chi connectivity index (χ4n) is 4.23. The van der Waals surface area contributed by atoms with Gasteiger partial charge in [-0.05, 0) is 34.7 Å². The third-order valence-electron chi connectivity index (χ3n) is 5.44. The largest absolute Gasteiger partial charge is 0.275 e. The van der Waals surface area contributed by atoms with Crippen molar-refractivity contribution in [2.75, 3.05) is 0 Å². The summed E-state index contributed by atoms with van der Waals surface area (Å²) in [7, 11) is 0. The second-order valence-electron chi connectivity index (χ2n) is 6.86. The van der Waals surface area contributed by atoms with Gasteiger partial charge in [0.25, 0.3) is 5.56 Å². The number of pyridine rings is 2. The van der Waals surface area contributed by atoms with Gasteiger partial charge in [0.05, 0.1) is 16.4 Å². The number of para-hydroxylation sites is 1. The van der Waals surface area contributed by atoms with Crippen molar-refractivity contribution in [1.82, 2.24) is 9.38 Å². The van der Waals surface area contributed by atoms with Crippen LogP contribution in [0.1, 0.15) is 0 Å². The molecular formula is C24H14N2O. The highest BCUT2D eigenvalue weighted by Gasteiger charge is 2.17. The lowest BCUT2D eigenvalue weighted by molar-refractivity contribution is 1.20. The van der Waals surface area contributed by atoms with Crippen LogP contribution in [0.15, 0.2) is 90.0 Å². The van der Waals surface area contributed by atoms with E-state index in [9.17, 15) is 4.79 Å². The molecule has 0 saturated heterocycles. The molecular weight excluding hydrogens is 332 g/mol. The first-order valence-corrected chi connectivity index (χ1v) is 8.94. The molecule has 0 fully saturated rings.